The summed E-state index contributed by atoms with van der Waals surface area (Å²) in [5.74, 6) is 1.78. The number of rotatable bonds is 8. The highest BCUT2D eigenvalue weighted by atomic mass is 127. The smallest absolute Gasteiger partial charge is 0.191 e. The molecule has 24 heavy (non-hydrogen) atoms. The van der Waals surface area contributed by atoms with Gasteiger partial charge in [-0.05, 0) is 44.7 Å². The van der Waals surface area contributed by atoms with E-state index in [2.05, 4.69) is 27.4 Å². The van der Waals surface area contributed by atoms with Crippen molar-refractivity contribution in [2.75, 3.05) is 59.6 Å². The highest BCUT2D eigenvalue weighted by molar-refractivity contribution is 14.0. The molecule has 2 heterocycles. The van der Waals surface area contributed by atoms with Gasteiger partial charge in [0.05, 0.1) is 12.7 Å². The van der Waals surface area contributed by atoms with Crippen molar-refractivity contribution < 1.29 is 9.47 Å². The monoisotopic (exact) mass is 454 g/mol. The molecule has 2 rings (SSSR count). The Kier molecular flexibility index (Phi) is 12.0. The van der Waals surface area contributed by atoms with Gasteiger partial charge in [0.15, 0.2) is 5.96 Å². The zero-order chi connectivity index (χ0) is 16.3. The molecule has 0 amide bonds. The van der Waals surface area contributed by atoms with Crippen molar-refractivity contribution in [3.05, 3.63) is 0 Å². The van der Waals surface area contributed by atoms with Crippen LogP contribution in [0.2, 0.25) is 0 Å². The quantitative estimate of drug-likeness (QED) is 0.253. The molecule has 0 spiro atoms. The SMILES string of the molecule is CN=C(NCCCOC1CCOC1)NCCN1CCC(C)CC1.I. The molecule has 1 atom stereocenters. The first-order valence-corrected chi connectivity index (χ1v) is 9.14. The van der Waals surface area contributed by atoms with Crippen molar-refractivity contribution >= 4 is 29.9 Å². The maximum absolute atomic E-state index is 5.76. The molecule has 142 valence electrons. The molecule has 2 aliphatic heterocycles. The van der Waals surface area contributed by atoms with Crippen LogP contribution in [0.25, 0.3) is 0 Å². The van der Waals surface area contributed by atoms with Gasteiger partial charge in [-0.3, -0.25) is 4.99 Å². The lowest BCUT2D eigenvalue weighted by Gasteiger charge is -2.30. The minimum Gasteiger partial charge on any atom is -0.379 e. The van der Waals surface area contributed by atoms with E-state index in [-0.39, 0.29) is 24.0 Å². The van der Waals surface area contributed by atoms with Gasteiger partial charge in [0, 0.05) is 39.9 Å². The summed E-state index contributed by atoms with van der Waals surface area (Å²) in [5, 5.41) is 6.75. The minimum absolute atomic E-state index is 0. The van der Waals surface area contributed by atoms with E-state index < -0.39 is 0 Å². The maximum Gasteiger partial charge on any atom is 0.191 e. The second-order valence-electron chi connectivity index (χ2n) is 6.66. The number of likely N-dealkylation sites (tertiary alicyclic amines) is 1. The number of hydrogen-bond donors (Lipinski definition) is 2. The predicted octanol–water partition coefficient (Wildman–Crippen LogP) is 1.70. The number of halogens is 1. The molecule has 0 aliphatic carbocycles. The summed E-state index contributed by atoms with van der Waals surface area (Å²) in [5.41, 5.74) is 0. The summed E-state index contributed by atoms with van der Waals surface area (Å²) in [6.45, 7) is 10.1. The maximum atomic E-state index is 5.76. The number of hydrogen-bond acceptors (Lipinski definition) is 4. The van der Waals surface area contributed by atoms with Crippen molar-refractivity contribution in [2.24, 2.45) is 10.9 Å². The van der Waals surface area contributed by atoms with Crippen molar-refractivity contribution in [1.82, 2.24) is 15.5 Å². The average Bonchev–Trinajstić information content (AvgIpc) is 3.08. The Morgan fingerprint density at radius 1 is 1.21 bits per heavy atom. The van der Waals surface area contributed by atoms with Gasteiger partial charge in [0.2, 0.25) is 0 Å². The number of piperidine rings is 1. The fourth-order valence-corrected chi connectivity index (χ4v) is 3.01. The summed E-state index contributed by atoms with van der Waals surface area (Å²) < 4.78 is 11.1. The molecule has 2 fully saturated rings. The molecule has 0 bridgehead atoms. The number of ether oxygens (including phenoxy) is 2. The van der Waals surface area contributed by atoms with Crippen molar-refractivity contribution in [3.8, 4) is 0 Å². The Bertz CT molecular complexity index is 343. The van der Waals surface area contributed by atoms with Gasteiger partial charge in [0.1, 0.15) is 0 Å². The van der Waals surface area contributed by atoms with Gasteiger partial charge in [-0.1, -0.05) is 6.92 Å². The van der Waals surface area contributed by atoms with Crippen LogP contribution >= 0.6 is 24.0 Å². The largest absolute Gasteiger partial charge is 0.379 e. The first-order chi connectivity index (χ1) is 11.3. The van der Waals surface area contributed by atoms with E-state index in [9.17, 15) is 0 Å². The molecule has 2 aliphatic rings. The summed E-state index contributed by atoms with van der Waals surface area (Å²) in [6.07, 6.45) is 4.99. The van der Waals surface area contributed by atoms with Crippen LogP contribution in [-0.4, -0.2) is 76.6 Å². The Hall–Kier alpha value is -0.120. The third-order valence-corrected chi connectivity index (χ3v) is 4.68. The molecule has 0 saturated carbocycles. The Morgan fingerprint density at radius 3 is 2.62 bits per heavy atom. The summed E-state index contributed by atoms with van der Waals surface area (Å²) in [6, 6.07) is 0. The number of aliphatic imine (C=N–C) groups is 1. The summed E-state index contributed by atoms with van der Waals surface area (Å²) in [4.78, 5) is 6.81. The van der Waals surface area contributed by atoms with E-state index in [0.717, 1.165) is 64.2 Å². The molecule has 0 radical (unpaired) electrons. The fourth-order valence-electron chi connectivity index (χ4n) is 3.01. The van der Waals surface area contributed by atoms with Gasteiger partial charge < -0.3 is 25.0 Å². The first-order valence-electron chi connectivity index (χ1n) is 9.14. The van der Waals surface area contributed by atoms with E-state index >= 15 is 0 Å². The molecule has 0 aromatic rings. The van der Waals surface area contributed by atoms with E-state index in [1.165, 1.54) is 25.9 Å². The fraction of sp³-hybridized carbons (Fsp3) is 0.941. The zero-order valence-electron chi connectivity index (χ0n) is 15.3. The van der Waals surface area contributed by atoms with Crippen molar-refractivity contribution in [1.29, 1.82) is 0 Å². The van der Waals surface area contributed by atoms with Crippen LogP contribution in [0.5, 0.6) is 0 Å². The minimum atomic E-state index is 0. The third kappa shape index (κ3) is 8.82. The second kappa shape index (κ2) is 13.1. The molecule has 0 aromatic carbocycles. The normalized spacial score (nSPS) is 23.1. The Morgan fingerprint density at radius 2 is 1.96 bits per heavy atom. The van der Waals surface area contributed by atoms with E-state index in [0.29, 0.717) is 6.10 Å². The van der Waals surface area contributed by atoms with E-state index in [4.69, 9.17) is 9.47 Å². The van der Waals surface area contributed by atoms with Gasteiger partial charge in [-0.2, -0.15) is 0 Å². The van der Waals surface area contributed by atoms with Gasteiger partial charge in [0.25, 0.3) is 0 Å². The molecule has 1 unspecified atom stereocenters. The second-order valence-corrected chi connectivity index (χ2v) is 6.66. The number of nitrogens with one attached hydrogen (secondary N) is 2. The topological polar surface area (TPSA) is 58.1 Å². The summed E-state index contributed by atoms with van der Waals surface area (Å²) >= 11 is 0. The molecule has 7 heteroatoms. The van der Waals surface area contributed by atoms with Crippen LogP contribution in [0.4, 0.5) is 0 Å². The van der Waals surface area contributed by atoms with E-state index in [1.807, 2.05) is 7.05 Å². The van der Waals surface area contributed by atoms with Crippen LogP contribution in [0.3, 0.4) is 0 Å². The lowest BCUT2D eigenvalue weighted by Crippen LogP contribution is -2.43. The van der Waals surface area contributed by atoms with Crippen LogP contribution in [0, 0.1) is 5.92 Å². The van der Waals surface area contributed by atoms with Crippen molar-refractivity contribution in [3.63, 3.8) is 0 Å². The Labute approximate surface area is 164 Å². The number of guanidine groups is 1. The van der Waals surface area contributed by atoms with Crippen molar-refractivity contribution in [2.45, 2.75) is 38.7 Å². The van der Waals surface area contributed by atoms with Crippen LogP contribution in [0.15, 0.2) is 4.99 Å². The third-order valence-electron chi connectivity index (χ3n) is 4.68. The van der Waals surface area contributed by atoms with Gasteiger partial charge in [-0.25, -0.2) is 0 Å². The predicted molar refractivity (Wildman–Crippen MR) is 109 cm³/mol. The van der Waals surface area contributed by atoms with E-state index in [1.54, 1.807) is 0 Å². The standard InChI is InChI=1S/C17H34N4O2.HI/c1-15-4-9-21(10-5-15)11-8-20-17(18-2)19-7-3-12-23-16-6-13-22-14-16;/h15-16H,3-14H2,1-2H3,(H2,18,19,20);1H. The van der Waals surface area contributed by atoms with Crippen LogP contribution in [-0.2, 0) is 9.47 Å². The van der Waals surface area contributed by atoms with Crippen LogP contribution in [0.1, 0.15) is 32.6 Å². The molecule has 2 N–H and O–H groups in total. The highest BCUT2D eigenvalue weighted by Crippen LogP contribution is 2.15. The Balaban J connectivity index is 0.00000288. The zero-order valence-corrected chi connectivity index (χ0v) is 17.6. The lowest BCUT2D eigenvalue weighted by molar-refractivity contribution is 0.0420. The average molecular weight is 454 g/mol. The van der Waals surface area contributed by atoms with Gasteiger partial charge in [-0.15, -0.1) is 24.0 Å². The summed E-state index contributed by atoms with van der Waals surface area (Å²) in [7, 11) is 1.82. The van der Waals surface area contributed by atoms with Crippen LogP contribution < -0.4 is 10.6 Å². The molecular weight excluding hydrogens is 419 g/mol. The first kappa shape index (κ1) is 21.9. The van der Waals surface area contributed by atoms with Gasteiger partial charge >= 0.3 is 0 Å². The lowest BCUT2D eigenvalue weighted by atomic mass is 9.99. The highest BCUT2D eigenvalue weighted by Gasteiger charge is 2.16. The molecule has 6 nitrogen and oxygen atoms in total. The molecule has 0 aromatic heterocycles. The molecule has 2 saturated heterocycles. The number of nitrogens with zero attached hydrogens (tertiary/aromatic N) is 2. The molecular formula is C17H35IN4O2.